The number of ether oxygens (including phenoxy) is 1. The summed E-state index contributed by atoms with van der Waals surface area (Å²) in [5.41, 5.74) is 0. The minimum absolute atomic E-state index is 0.147. The van der Waals surface area contributed by atoms with Crippen molar-refractivity contribution in [2.45, 2.75) is 17.4 Å². The number of sulfonamides is 1. The van der Waals surface area contributed by atoms with E-state index in [1.165, 1.54) is 22.5 Å². The first-order chi connectivity index (χ1) is 11.9. The lowest BCUT2D eigenvalue weighted by atomic mass is 10.3. The molecule has 0 saturated carbocycles. The van der Waals surface area contributed by atoms with Gasteiger partial charge in [-0.1, -0.05) is 12.1 Å². The van der Waals surface area contributed by atoms with E-state index in [0.29, 0.717) is 18.1 Å². The molecular formula is C16H19FN4O3S. The SMILES string of the molecule is CN(C)c1ccc(OC2CCN(S(=O)(=O)c3ccccc3F)C2)nn1. The summed E-state index contributed by atoms with van der Waals surface area (Å²) in [5.74, 6) is 0.278. The van der Waals surface area contributed by atoms with Gasteiger partial charge in [0.2, 0.25) is 15.9 Å². The third-order valence-electron chi connectivity index (χ3n) is 3.93. The van der Waals surface area contributed by atoms with Gasteiger partial charge < -0.3 is 9.64 Å². The number of hydrogen-bond acceptors (Lipinski definition) is 6. The van der Waals surface area contributed by atoms with Crippen LogP contribution in [0.15, 0.2) is 41.3 Å². The topological polar surface area (TPSA) is 75.6 Å². The summed E-state index contributed by atoms with van der Waals surface area (Å²) in [6.07, 6.45) is 0.159. The standard InChI is InChI=1S/C16H19FN4O3S/c1-20(2)15-7-8-16(19-18-15)24-12-9-10-21(11-12)25(22,23)14-6-4-3-5-13(14)17/h3-8,12H,9-11H2,1-2H3. The highest BCUT2D eigenvalue weighted by Crippen LogP contribution is 2.25. The van der Waals surface area contributed by atoms with E-state index in [4.69, 9.17) is 4.74 Å². The molecule has 3 rings (SSSR count). The van der Waals surface area contributed by atoms with Gasteiger partial charge in [-0.25, -0.2) is 12.8 Å². The van der Waals surface area contributed by atoms with E-state index in [0.717, 1.165) is 6.07 Å². The molecule has 2 aromatic rings. The summed E-state index contributed by atoms with van der Waals surface area (Å²) in [5, 5.41) is 8.00. The third kappa shape index (κ3) is 3.72. The van der Waals surface area contributed by atoms with E-state index in [2.05, 4.69) is 10.2 Å². The number of halogens is 1. The summed E-state index contributed by atoms with van der Waals surface area (Å²) >= 11 is 0. The quantitative estimate of drug-likeness (QED) is 0.799. The lowest BCUT2D eigenvalue weighted by molar-refractivity contribution is 0.204. The molecule has 25 heavy (non-hydrogen) atoms. The Morgan fingerprint density at radius 2 is 1.96 bits per heavy atom. The van der Waals surface area contributed by atoms with Gasteiger partial charge in [-0.15, -0.1) is 10.2 Å². The molecule has 0 amide bonds. The second kappa shape index (κ2) is 6.93. The largest absolute Gasteiger partial charge is 0.472 e. The molecule has 9 heteroatoms. The van der Waals surface area contributed by atoms with Gasteiger partial charge in [-0.3, -0.25) is 0 Å². The molecule has 1 atom stereocenters. The normalized spacial score (nSPS) is 18.3. The number of anilines is 1. The molecule has 2 heterocycles. The van der Waals surface area contributed by atoms with E-state index in [1.807, 2.05) is 19.0 Å². The van der Waals surface area contributed by atoms with Crippen molar-refractivity contribution in [2.24, 2.45) is 0 Å². The molecule has 7 nitrogen and oxygen atoms in total. The summed E-state index contributed by atoms with van der Waals surface area (Å²) in [6.45, 7) is 0.415. The highest BCUT2D eigenvalue weighted by molar-refractivity contribution is 7.89. The Morgan fingerprint density at radius 1 is 1.20 bits per heavy atom. The fourth-order valence-corrected chi connectivity index (χ4v) is 4.14. The highest BCUT2D eigenvalue weighted by Gasteiger charge is 2.35. The Balaban J connectivity index is 1.68. The van der Waals surface area contributed by atoms with Crippen molar-refractivity contribution >= 4 is 15.8 Å². The summed E-state index contributed by atoms with van der Waals surface area (Å²) < 4.78 is 45.9. The fraction of sp³-hybridized carbons (Fsp3) is 0.375. The van der Waals surface area contributed by atoms with Crippen LogP contribution in [0.2, 0.25) is 0 Å². The Labute approximate surface area is 146 Å². The summed E-state index contributed by atoms with van der Waals surface area (Å²) in [6, 6.07) is 8.83. The van der Waals surface area contributed by atoms with Gasteiger partial charge in [0.25, 0.3) is 0 Å². The Kier molecular flexibility index (Phi) is 4.87. The zero-order chi connectivity index (χ0) is 18.0. The lowest BCUT2D eigenvalue weighted by Gasteiger charge is -2.17. The predicted octanol–water partition coefficient (Wildman–Crippen LogP) is 1.52. The first-order valence-corrected chi connectivity index (χ1v) is 9.24. The van der Waals surface area contributed by atoms with Crippen molar-refractivity contribution in [2.75, 3.05) is 32.1 Å². The number of rotatable bonds is 5. The van der Waals surface area contributed by atoms with Crippen molar-refractivity contribution in [3.8, 4) is 5.88 Å². The molecule has 0 aliphatic carbocycles. The second-order valence-corrected chi connectivity index (χ2v) is 7.85. The molecule has 0 radical (unpaired) electrons. The van der Waals surface area contributed by atoms with Gasteiger partial charge in [-0.05, 0) is 24.6 Å². The van der Waals surface area contributed by atoms with Crippen LogP contribution in [0.1, 0.15) is 6.42 Å². The zero-order valence-corrected chi connectivity index (χ0v) is 14.8. The summed E-state index contributed by atoms with van der Waals surface area (Å²) in [4.78, 5) is 1.50. The monoisotopic (exact) mass is 366 g/mol. The number of hydrogen-bond donors (Lipinski definition) is 0. The van der Waals surface area contributed by atoms with Crippen molar-refractivity contribution in [1.29, 1.82) is 0 Å². The Bertz CT molecular complexity index is 843. The van der Waals surface area contributed by atoms with Crippen LogP contribution in [0.25, 0.3) is 0 Å². The molecule has 1 aliphatic heterocycles. The van der Waals surface area contributed by atoms with E-state index in [-0.39, 0.29) is 24.1 Å². The lowest BCUT2D eigenvalue weighted by Crippen LogP contribution is -2.31. The third-order valence-corrected chi connectivity index (χ3v) is 5.83. The van der Waals surface area contributed by atoms with E-state index in [9.17, 15) is 12.8 Å². The van der Waals surface area contributed by atoms with Crippen LogP contribution in [0, 0.1) is 5.82 Å². The smallest absolute Gasteiger partial charge is 0.246 e. The predicted molar refractivity (Wildman–Crippen MR) is 90.6 cm³/mol. The van der Waals surface area contributed by atoms with Gasteiger partial charge in [0, 0.05) is 26.7 Å². The van der Waals surface area contributed by atoms with E-state index >= 15 is 0 Å². The molecule has 1 aromatic heterocycles. The van der Waals surface area contributed by atoms with Gasteiger partial charge in [-0.2, -0.15) is 4.31 Å². The first-order valence-electron chi connectivity index (χ1n) is 7.80. The molecule has 1 saturated heterocycles. The molecule has 1 fully saturated rings. The minimum atomic E-state index is -3.88. The molecule has 0 N–H and O–H groups in total. The van der Waals surface area contributed by atoms with Crippen molar-refractivity contribution in [3.63, 3.8) is 0 Å². The van der Waals surface area contributed by atoms with E-state index < -0.39 is 15.8 Å². The molecule has 1 aromatic carbocycles. The van der Waals surface area contributed by atoms with Crippen molar-refractivity contribution < 1.29 is 17.5 Å². The second-order valence-electron chi connectivity index (χ2n) is 5.95. The van der Waals surface area contributed by atoms with Crippen LogP contribution in [0.4, 0.5) is 10.2 Å². The van der Waals surface area contributed by atoms with Crippen LogP contribution >= 0.6 is 0 Å². The molecule has 1 unspecified atom stereocenters. The number of aromatic nitrogens is 2. The average molecular weight is 366 g/mol. The van der Waals surface area contributed by atoms with Gasteiger partial charge in [0.15, 0.2) is 5.82 Å². The van der Waals surface area contributed by atoms with Crippen LogP contribution in [0.5, 0.6) is 5.88 Å². The van der Waals surface area contributed by atoms with Crippen molar-refractivity contribution in [1.82, 2.24) is 14.5 Å². The van der Waals surface area contributed by atoms with Crippen LogP contribution in [0.3, 0.4) is 0 Å². The van der Waals surface area contributed by atoms with E-state index in [1.54, 1.807) is 12.1 Å². The molecular weight excluding hydrogens is 347 g/mol. The molecule has 0 spiro atoms. The van der Waals surface area contributed by atoms with Crippen LogP contribution in [-0.4, -0.2) is 56.2 Å². The fourth-order valence-electron chi connectivity index (χ4n) is 2.59. The maximum Gasteiger partial charge on any atom is 0.246 e. The average Bonchev–Trinajstić information content (AvgIpc) is 3.05. The minimum Gasteiger partial charge on any atom is -0.472 e. The van der Waals surface area contributed by atoms with Gasteiger partial charge in [0.1, 0.15) is 16.8 Å². The highest BCUT2D eigenvalue weighted by atomic mass is 32.2. The van der Waals surface area contributed by atoms with Gasteiger partial charge >= 0.3 is 0 Å². The number of benzene rings is 1. The number of nitrogens with zero attached hydrogens (tertiary/aromatic N) is 4. The van der Waals surface area contributed by atoms with Crippen LogP contribution in [-0.2, 0) is 10.0 Å². The first kappa shape index (κ1) is 17.6. The Hall–Kier alpha value is -2.26. The summed E-state index contributed by atoms with van der Waals surface area (Å²) in [7, 11) is -0.169. The molecule has 1 aliphatic rings. The van der Waals surface area contributed by atoms with Crippen molar-refractivity contribution in [3.05, 3.63) is 42.2 Å². The zero-order valence-electron chi connectivity index (χ0n) is 14.0. The maximum absolute atomic E-state index is 13.8. The molecule has 134 valence electrons. The Morgan fingerprint density at radius 3 is 2.60 bits per heavy atom. The maximum atomic E-state index is 13.8. The van der Waals surface area contributed by atoms with Crippen LogP contribution < -0.4 is 9.64 Å². The molecule has 0 bridgehead atoms. The van der Waals surface area contributed by atoms with Gasteiger partial charge in [0.05, 0.1) is 6.54 Å².